The van der Waals surface area contributed by atoms with Crippen molar-refractivity contribution in [2.75, 3.05) is 46.5 Å². The lowest BCUT2D eigenvalue weighted by atomic mass is 9.99. The number of carbonyl (C=O) groups excluding carboxylic acids is 1. The van der Waals surface area contributed by atoms with Gasteiger partial charge in [-0.1, -0.05) is 18.6 Å². The number of carbonyl (C=O) groups is 1. The summed E-state index contributed by atoms with van der Waals surface area (Å²) in [6.07, 6.45) is 4.15. The van der Waals surface area contributed by atoms with Gasteiger partial charge in [-0.2, -0.15) is 0 Å². The van der Waals surface area contributed by atoms with Gasteiger partial charge < -0.3 is 19.7 Å². The summed E-state index contributed by atoms with van der Waals surface area (Å²) in [5.41, 5.74) is 1.43. The summed E-state index contributed by atoms with van der Waals surface area (Å²) < 4.78 is 10.2. The maximum Gasteiger partial charge on any atom is 0.310 e. The molecule has 2 aliphatic rings. The third-order valence-electron chi connectivity index (χ3n) is 4.50. The lowest BCUT2D eigenvalue weighted by Gasteiger charge is -2.21. The topological polar surface area (TPSA) is 63.2 Å². The van der Waals surface area contributed by atoms with Gasteiger partial charge >= 0.3 is 5.97 Å². The molecule has 24 heavy (non-hydrogen) atoms. The van der Waals surface area contributed by atoms with E-state index in [2.05, 4.69) is 30.1 Å². The zero-order chi connectivity index (χ0) is 16.7. The molecule has 6 nitrogen and oxygen atoms in total. The Bertz CT molecular complexity index is 468. The fourth-order valence-corrected chi connectivity index (χ4v) is 3.12. The van der Waals surface area contributed by atoms with Crippen LogP contribution in [0.3, 0.4) is 0 Å². The van der Waals surface area contributed by atoms with Gasteiger partial charge in [0.25, 0.3) is 0 Å². The molecular weight excluding hydrogens is 421 g/mol. The van der Waals surface area contributed by atoms with E-state index in [-0.39, 0.29) is 41.8 Å². The first-order valence-corrected chi connectivity index (χ1v) is 8.52. The molecule has 0 spiro atoms. The Hall–Kier alpha value is -0.830. The average Bonchev–Trinajstić information content (AvgIpc) is 2.96. The number of nitrogens with one attached hydrogen (secondary N) is 1. The molecular formula is C17H30IN3O3. The molecule has 0 aliphatic carbocycles. The Morgan fingerprint density at radius 1 is 1.50 bits per heavy atom. The molecule has 1 N–H and O–H groups in total. The molecule has 7 heteroatoms. The van der Waals surface area contributed by atoms with Crippen molar-refractivity contribution in [1.29, 1.82) is 0 Å². The third kappa shape index (κ3) is 5.91. The molecule has 0 amide bonds. The van der Waals surface area contributed by atoms with Crippen molar-refractivity contribution in [3.63, 3.8) is 0 Å². The number of guanidine groups is 1. The van der Waals surface area contributed by atoms with Crippen LogP contribution < -0.4 is 5.32 Å². The predicted molar refractivity (Wildman–Crippen MR) is 106 cm³/mol. The maximum absolute atomic E-state index is 11.8. The van der Waals surface area contributed by atoms with Crippen LogP contribution in [0.15, 0.2) is 16.6 Å². The van der Waals surface area contributed by atoms with Gasteiger partial charge in [0.15, 0.2) is 5.96 Å². The smallest absolute Gasteiger partial charge is 0.310 e. The summed E-state index contributed by atoms with van der Waals surface area (Å²) in [5, 5.41) is 3.34. The number of ether oxygens (including phenoxy) is 2. The standard InChI is InChI=1S/C17H29N3O3.HI/c1-4-18-17(19-8-5-14-6-9-23-10-7-14)20-11-13(2)15(12-20)16(21)22-3;/h6,13,15H,4-5,7-12H2,1-3H3,(H,18,19);1H. The number of rotatable bonds is 5. The van der Waals surface area contributed by atoms with Crippen LogP contribution in [0, 0.1) is 11.8 Å². The van der Waals surface area contributed by atoms with Crippen LogP contribution in [0.1, 0.15) is 26.7 Å². The van der Waals surface area contributed by atoms with Crippen molar-refractivity contribution in [2.45, 2.75) is 26.7 Å². The van der Waals surface area contributed by atoms with Gasteiger partial charge in [0.2, 0.25) is 0 Å². The van der Waals surface area contributed by atoms with Gasteiger partial charge in [-0.25, -0.2) is 0 Å². The van der Waals surface area contributed by atoms with Gasteiger partial charge in [0.1, 0.15) is 0 Å². The summed E-state index contributed by atoms with van der Waals surface area (Å²) in [6, 6.07) is 0. The van der Waals surface area contributed by atoms with Gasteiger partial charge in [-0.3, -0.25) is 9.79 Å². The summed E-state index contributed by atoms with van der Waals surface area (Å²) in [7, 11) is 1.46. The van der Waals surface area contributed by atoms with E-state index < -0.39 is 0 Å². The van der Waals surface area contributed by atoms with Crippen LogP contribution in [0.2, 0.25) is 0 Å². The number of esters is 1. The SMILES string of the molecule is CCNC(=NCCC1=CCOCC1)N1CC(C)C(C(=O)OC)C1.I. The Morgan fingerprint density at radius 3 is 2.92 bits per heavy atom. The second-order valence-electron chi connectivity index (χ2n) is 6.18. The van der Waals surface area contributed by atoms with Crippen LogP contribution in [0.25, 0.3) is 0 Å². The molecule has 2 heterocycles. The summed E-state index contributed by atoms with van der Waals surface area (Å²) in [6.45, 7) is 8.80. The minimum atomic E-state index is -0.122. The van der Waals surface area contributed by atoms with E-state index in [1.54, 1.807) is 0 Å². The zero-order valence-corrected chi connectivity index (χ0v) is 17.2. The Kier molecular flexibility index (Phi) is 9.65. The van der Waals surface area contributed by atoms with Crippen LogP contribution in [0.5, 0.6) is 0 Å². The maximum atomic E-state index is 11.8. The number of hydrogen-bond acceptors (Lipinski definition) is 4. The van der Waals surface area contributed by atoms with Crippen molar-refractivity contribution in [2.24, 2.45) is 16.8 Å². The summed E-state index contributed by atoms with van der Waals surface area (Å²) in [4.78, 5) is 18.8. The second kappa shape index (κ2) is 10.9. The number of methoxy groups -OCH3 is 1. The number of likely N-dealkylation sites (tertiary alicyclic amines) is 1. The highest BCUT2D eigenvalue weighted by molar-refractivity contribution is 14.0. The van der Waals surface area contributed by atoms with Crippen molar-refractivity contribution in [3.05, 3.63) is 11.6 Å². The quantitative estimate of drug-likeness (QED) is 0.228. The van der Waals surface area contributed by atoms with E-state index in [1.807, 2.05) is 0 Å². The first kappa shape index (κ1) is 21.2. The fraction of sp³-hybridized carbons (Fsp3) is 0.765. The molecule has 0 aromatic carbocycles. The monoisotopic (exact) mass is 451 g/mol. The second-order valence-corrected chi connectivity index (χ2v) is 6.18. The van der Waals surface area contributed by atoms with Gasteiger partial charge in [-0.05, 0) is 25.7 Å². The van der Waals surface area contributed by atoms with Crippen LogP contribution in [-0.2, 0) is 14.3 Å². The largest absolute Gasteiger partial charge is 0.469 e. The highest BCUT2D eigenvalue weighted by atomic mass is 127. The first-order chi connectivity index (χ1) is 11.2. The molecule has 0 aromatic heterocycles. The Balaban J connectivity index is 0.00000288. The summed E-state index contributed by atoms with van der Waals surface area (Å²) in [5.74, 6) is 0.994. The summed E-state index contributed by atoms with van der Waals surface area (Å²) >= 11 is 0. The molecule has 2 atom stereocenters. The fourth-order valence-electron chi connectivity index (χ4n) is 3.12. The van der Waals surface area contributed by atoms with Crippen LogP contribution in [0.4, 0.5) is 0 Å². The van der Waals surface area contributed by atoms with Crippen LogP contribution >= 0.6 is 24.0 Å². The van der Waals surface area contributed by atoms with Crippen molar-refractivity contribution >= 4 is 35.9 Å². The number of nitrogens with zero attached hydrogens (tertiary/aromatic N) is 2. The van der Waals surface area contributed by atoms with Crippen LogP contribution in [-0.4, -0.2) is 63.3 Å². The minimum Gasteiger partial charge on any atom is -0.469 e. The van der Waals surface area contributed by atoms with E-state index in [4.69, 9.17) is 14.5 Å². The molecule has 2 unspecified atom stereocenters. The van der Waals surface area contributed by atoms with E-state index in [0.29, 0.717) is 6.54 Å². The number of aliphatic imine (C=N–C) groups is 1. The highest BCUT2D eigenvalue weighted by Gasteiger charge is 2.36. The lowest BCUT2D eigenvalue weighted by molar-refractivity contribution is -0.145. The number of hydrogen-bond donors (Lipinski definition) is 1. The van der Waals surface area contributed by atoms with Crippen molar-refractivity contribution in [3.8, 4) is 0 Å². The van der Waals surface area contributed by atoms with E-state index in [9.17, 15) is 4.79 Å². The van der Waals surface area contributed by atoms with Crippen molar-refractivity contribution in [1.82, 2.24) is 10.2 Å². The van der Waals surface area contributed by atoms with E-state index in [0.717, 1.165) is 51.6 Å². The highest BCUT2D eigenvalue weighted by Crippen LogP contribution is 2.24. The van der Waals surface area contributed by atoms with Crippen molar-refractivity contribution < 1.29 is 14.3 Å². The molecule has 2 rings (SSSR count). The Labute approximate surface area is 162 Å². The Morgan fingerprint density at radius 2 is 2.29 bits per heavy atom. The minimum absolute atomic E-state index is 0. The normalized spacial score (nSPS) is 24.2. The molecule has 1 saturated heterocycles. The van der Waals surface area contributed by atoms with E-state index in [1.165, 1.54) is 12.7 Å². The van der Waals surface area contributed by atoms with Gasteiger partial charge in [-0.15, -0.1) is 24.0 Å². The molecule has 0 aromatic rings. The molecule has 138 valence electrons. The molecule has 0 bridgehead atoms. The van der Waals surface area contributed by atoms with E-state index >= 15 is 0 Å². The molecule has 2 aliphatic heterocycles. The lowest BCUT2D eigenvalue weighted by Crippen LogP contribution is -2.40. The average molecular weight is 451 g/mol. The molecule has 0 radical (unpaired) electrons. The zero-order valence-electron chi connectivity index (χ0n) is 14.9. The van der Waals surface area contributed by atoms with Gasteiger partial charge in [0, 0.05) is 26.2 Å². The van der Waals surface area contributed by atoms with Gasteiger partial charge in [0.05, 0.1) is 26.2 Å². The molecule has 1 fully saturated rings. The predicted octanol–water partition coefficient (Wildman–Crippen LogP) is 2.05. The molecule has 0 saturated carbocycles. The number of halogens is 1. The third-order valence-corrected chi connectivity index (χ3v) is 4.50. The first-order valence-electron chi connectivity index (χ1n) is 8.52.